The molecule has 0 fully saturated rings. The van der Waals surface area contributed by atoms with Crippen molar-refractivity contribution >= 4 is 11.8 Å². The lowest BCUT2D eigenvalue weighted by Crippen LogP contribution is -2.36. The molecule has 1 aromatic carbocycles. The number of nitrogens with two attached hydrogens (primary N) is 1. The molecule has 1 atom stereocenters. The van der Waals surface area contributed by atoms with Crippen molar-refractivity contribution in [1.29, 1.82) is 0 Å². The molecule has 0 spiro atoms. The van der Waals surface area contributed by atoms with Crippen LogP contribution >= 0.6 is 0 Å². The van der Waals surface area contributed by atoms with Gasteiger partial charge in [0.1, 0.15) is 0 Å². The second-order valence-electron chi connectivity index (χ2n) is 3.94. The van der Waals surface area contributed by atoms with E-state index < -0.39 is 5.91 Å². The van der Waals surface area contributed by atoms with Crippen LogP contribution in [0.1, 0.15) is 31.2 Å². The van der Waals surface area contributed by atoms with Crippen molar-refractivity contribution in [3.63, 3.8) is 0 Å². The number of amides is 2. The topological polar surface area (TPSA) is 72.2 Å². The Morgan fingerprint density at radius 1 is 1.29 bits per heavy atom. The van der Waals surface area contributed by atoms with E-state index in [4.69, 9.17) is 5.73 Å². The van der Waals surface area contributed by atoms with Crippen LogP contribution in [0, 0.1) is 0 Å². The Morgan fingerprint density at radius 3 is 2.47 bits per heavy atom. The zero-order chi connectivity index (χ0) is 12.7. The van der Waals surface area contributed by atoms with Crippen molar-refractivity contribution in [3.05, 3.63) is 35.9 Å². The molecule has 0 aliphatic carbocycles. The average Bonchev–Trinajstić information content (AvgIpc) is 2.34. The molecule has 0 aliphatic heterocycles. The van der Waals surface area contributed by atoms with Crippen molar-refractivity contribution in [2.24, 2.45) is 5.73 Å². The fourth-order valence-electron chi connectivity index (χ4n) is 1.72. The number of rotatable bonds is 6. The van der Waals surface area contributed by atoms with Gasteiger partial charge in [0.15, 0.2) is 0 Å². The van der Waals surface area contributed by atoms with Crippen LogP contribution in [0.15, 0.2) is 30.3 Å². The summed E-state index contributed by atoms with van der Waals surface area (Å²) >= 11 is 0. The zero-order valence-corrected chi connectivity index (χ0v) is 9.98. The largest absolute Gasteiger partial charge is 0.368 e. The molecular weight excluding hydrogens is 216 g/mol. The Morgan fingerprint density at radius 2 is 1.94 bits per heavy atom. The van der Waals surface area contributed by atoms with Crippen LogP contribution in [0.4, 0.5) is 0 Å². The van der Waals surface area contributed by atoms with Gasteiger partial charge < -0.3 is 11.1 Å². The van der Waals surface area contributed by atoms with E-state index in [9.17, 15) is 9.59 Å². The lowest BCUT2D eigenvalue weighted by molar-refractivity contribution is -0.126. The molecule has 0 heterocycles. The highest BCUT2D eigenvalue weighted by Gasteiger charge is 2.19. The van der Waals surface area contributed by atoms with E-state index in [0.29, 0.717) is 0 Å². The Balaban J connectivity index is 2.72. The summed E-state index contributed by atoms with van der Waals surface area (Å²) in [4.78, 5) is 22.5. The first kappa shape index (κ1) is 13.2. The second-order valence-corrected chi connectivity index (χ2v) is 3.94. The highest BCUT2D eigenvalue weighted by atomic mass is 16.2. The predicted molar refractivity (Wildman–Crippen MR) is 66.3 cm³/mol. The molecule has 4 nitrogen and oxygen atoms in total. The Kier molecular flexibility index (Phi) is 5.20. The minimum Gasteiger partial charge on any atom is -0.368 e. The molecule has 17 heavy (non-hydrogen) atoms. The summed E-state index contributed by atoms with van der Waals surface area (Å²) in [6.07, 6.45) is 1.66. The maximum Gasteiger partial charge on any atom is 0.236 e. The molecular formula is C13H18N2O2. The average molecular weight is 234 g/mol. The van der Waals surface area contributed by atoms with E-state index in [0.717, 1.165) is 18.4 Å². The zero-order valence-electron chi connectivity index (χ0n) is 9.98. The van der Waals surface area contributed by atoms with Gasteiger partial charge in [-0.25, -0.2) is 0 Å². The van der Waals surface area contributed by atoms with Gasteiger partial charge in [-0.3, -0.25) is 9.59 Å². The molecule has 92 valence electrons. The Hall–Kier alpha value is -1.84. The lowest BCUT2D eigenvalue weighted by atomic mass is 9.94. The van der Waals surface area contributed by atoms with E-state index in [1.807, 2.05) is 37.3 Å². The first-order valence-corrected chi connectivity index (χ1v) is 5.76. The SMILES string of the molecule is CCC[C@H](C(=O)NCC(N)=O)c1ccccc1. The lowest BCUT2D eigenvalue weighted by Gasteiger charge is -2.15. The van der Waals surface area contributed by atoms with Gasteiger partial charge >= 0.3 is 0 Å². The molecule has 0 unspecified atom stereocenters. The summed E-state index contributed by atoms with van der Waals surface area (Å²) in [6, 6.07) is 9.56. The Bertz CT molecular complexity index is 376. The fraction of sp³-hybridized carbons (Fsp3) is 0.385. The summed E-state index contributed by atoms with van der Waals surface area (Å²) in [6.45, 7) is 1.92. The third-order valence-electron chi connectivity index (χ3n) is 2.53. The predicted octanol–water partition coefficient (Wildman–Crippen LogP) is 1.17. The van der Waals surface area contributed by atoms with E-state index in [-0.39, 0.29) is 18.4 Å². The van der Waals surface area contributed by atoms with Crippen molar-refractivity contribution in [2.75, 3.05) is 6.54 Å². The number of hydrogen-bond donors (Lipinski definition) is 2. The molecule has 2 amide bonds. The summed E-state index contributed by atoms with van der Waals surface area (Å²) in [5, 5.41) is 2.55. The molecule has 0 saturated carbocycles. The number of primary amides is 1. The number of carbonyl (C=O) groups is 2. The van der Waals surface area contributed by atoms with E-state index in [1.165, 1.54) is 0 Å². The van der Waals surface area contributed by atoms with Gasteiger partial charge in [-0.15, -0.1) is 0 Å². The van der Waals surface area contributed by atoms with Crippen molar-refractivity contribution in [1.82, 2.24) is 5.32 Å². The van der Waals surface area contributed by atoms with Gasteiger partial charge in [0.25, 0.3) is 0 Å². The van der Waals surface area contributed by atoms with Crippen LogP contribution in [-0.2, 0) is 9.59 Å². The maximum atomic E-state index is 11.9. The molecule has 0 bridgehead atoms. The highest BCUT2D eigenvalue weighted by molar-refractivity contribution is 5.87. The molecule has 4 heteroatoms. The quantitative estimate of drug-likeness (QED) is 0.775. The van der Waals surface area contributed by atoms with Gasteiger partial charge in [0.2, 0.25) is 11.8 Å². The van der Waals surface area contributed by atoms with Gasteiger partial charge in [-0.2, -0.15) is 0 Å². The van der Waals surface area contributed by atoms with Crippen LogP contribution in [-0.4, -0.2) is 18.4 Å². The summed E-state index contributed by atoms with van der Waals surface area (Å²) in [5.41, 5.74) is 5.97. The third kappa shape index (κ3) is 4.26. The van der Waals surface area contributed by atoms with Gasteiger partial charge in [-0.1, -0.05) is 43.7 Å². The van der Waals surface area contributed by atoms with Crippen molar-refractivity contribution < 1.29 is 9.59 Å². The van der Waals surface area contributed by atoms with E-state index in [2.05, 4.69) is 5.32 Å². The molecule has 3 N–H and O–H groups in total. The molecule has 1 rings (SSSR count). The molecule has 1 aromatic rings. The summed E-state index contributed by atoms with van der Waals surface area (Å²) < 4.78 is 0. The summed E-state index contributed by atoms with van der Waals surface area (Å²) in [5.74, 6) is -0.876. The fourth-order valence-corrected chi connectivity index (χ4v) is 1.72. The molecule has 0 radical (unpaired) electrons. The third-order valence-corrected chi connectivity index (χ3v) is 2.53. The molecule has 0 saturated heterocycles. The first-order valence-electron chi connectivity index (χ1n) is 5.76. The minimum absolute atomic E-state index is 0.105. The first-order chi connectivity index (χ1) is 8.15. The second kappa shape index (κ2) is 6.68. The van der Waals surface area contributed by atoms with Gasteiger partial charge in [-0.05, 0) is 12.0 Å². The minimum atomic E-state index is -0.526. The number of benzene rings is 1. The van der Waals surface area contributed by atoms with Gasteiger partial charge in [0.05, 0.1) is 12.5 Å². The van der Waals surface area contributed by atoms with Crippen LogP contribution in [0.5, 0.6) is 0 Å². The molecule has 0 aliphatic rings. The normalized spacial score (nSPS) is 11.8. The van der Waals surface area contributed by atoms with Crippen LogP contribution in [0.3, 0.4) is 0 Å². The van der Waals surface area contributed by atoms with E-state index in [1.54, 1.807) is 0 Å². The number of hydrogen-bond acceptors (Lipinski definition) is 2. The Labute approximate surface area is 101 Å². The monoisotopic (exact) mass is 234 g/mol. The summed E-state index contributed by atoms with van der Waals surface area (Å²) in [7, 11) is 0. The highest BCUT2D eigenvalue weighted by Crippen LogP contribution is 2.20. The standard InChI is InChI=1S/C13H18N2O2/c1-2-6-11(10-7-4-3-5-8-10)13(17)15-9-12(14)16/h3-5,7-8,11H,2,6,9H2,1H3,(H2,14,16)(H,15,17)/t11-/m0/s1. The van der Waals surface area contributed by atoms with Crippen LogP contribution in [0.2, 0.25) is 0 Å². The smallest absolute Gasteiger partial charge is 0.236 e. The van der Waals surface area contributed by atoms with E-state index >= 15 is 0 Å². The van der Waals surface area contributed by atoms with Crippen molar-refractivity contribution in [3.8, 4) is 0 Å². The van der Waals surface area contributed by atoms with Crippen LogP contribution < -0.4 is 11.1 Å². The van der Waals surface area contributed by atoms with Crippen LogP contribution in [0.25, 0.3) is 0 Å². The van der Waals surface area contributed by atoms with Crippen molar-refractivity contribution in [2.45, 2.75) is 25.7 Å². The van der Waals surface area contributed by atoms with Gasteiger partial charge in [0, 0.05) is 0 Å². The number of nitrogens with one attached hydrogen (secondary N) is 1. The maximum absolute atomic E-state index is 11.9. The molecule has 0 aromatic heterocycles. The number of carbonyl (C=O) groups excluding carboxylic acids is 2.